The van der Waals surface area contributed by atoms with Crippen LogP contribution in [0.5, 0.6) is 5.75 Å². The summed E-state index contributed by atoms with van der Waals surface area (Å²) in [4.78, 5) is 15.5. The largest absolute Gasteiger partial charge is 0.490 e. The van der Waals surface area contributed by atoms with Gasteiger partial charge in [0.15, 0.2) is 0 Å². The molecule has 19 heavy (non-hydrogen) atoms. The summed E-state index contributed by atoms with van der Waals surface area (Å²) in [5, 5.41) is 2.84. The third-order valence-corrected chi connectivity index (χ3v) is 2.77. The summed E-state index contributed by atoms with van der Waals surface area (Å²) in [6, 6.07) is 3.80. The topological polar surface area (TPSA) is 60.5 Å². The molecule has 5 heteroatoms. The average Bonchev–Trinajstić information content (AvgIpc) is 2.25. The summed E-state index contributed by atoms with van der Waals surface area (Å²) in [7, 11) is 0. The standard InChI is InChI=1S/C14H20N2O3/c1-14(2,3)19-13(17)16-10-8-12(9-10)18-11-4-6-15-7-5-11/h4-7,10,12H,8-9H2,1-3H3,(H,16,17)/t10-,12-. The molecule has 1 saturated carbocycles. The molecule has 2 rings (SSSR count). The highest BCUT2D eigenvalue weighted by Gasteiger charge is 2.33. The number of aromatic nitrogens is 1. The van der Waals surface area contributed by atoms with Crippen LogP contribution in [0, 0.1) is 0 Å². The first-order chi connectivity index (χ1) is 8.92. The van der Waals surface area contributed by atoms with Gasteiger partial charge in [0.1, 0.15) is 17.5 Å². The van der Waals surface area contributed by atoms with Gasteiger partial charge in [-0.25, -0.2) is 4.79 Å². The van der Waals surface area contributed by atoms with E-state index in [1.54, 1.807) is 12.4 Å². The van der Waals surface area contributed by atoms with Gasteiger partial charge < -0.3 is 14.8 Å². The molecule has 5 nitrogen and oxygen atoms in total. The lowest BCUT2D eigenvalue weighted by atomic mass is 9.89. The number of carbonyl (C=O) groups excluding carboxylic acids is 1. The summed E-state index contributed by atoms with van der Waals surface area (Å²) in [6.45, 7) is 5.55. The Balaban J connectivity index is 1.68. The van der Waals surface area contributed by atoms with E-state index in [4.69, 9.17) is 9.47 Å². The van der Waals surface area contributed by atoms with Crippen LogP contribution in [-0.4, -0.2) is 28.8 Å². The van der Waals surface area contributed by atoms with E-state index in [2.05, 4.69) is 10.3 Å². The number of ether oxygens (including phenoxy) is 2. The van der Waals surface area contributed by atoms with Crippen LogP contribution in [0.15, 0.2) is 24.5 Å². The van der Waals surface area contributed by atoms with Crippen molar-refractivity contribution in [1.82, 2.24) is 10.3 Å². The van der Waals surface area contributed by atoms with Gasteiger partial charge in [-0.1, -0.05) is 0 Å². The van der Waals surface area contributed by atoms with Gasteiger partial charge in [-0.15, -0.1) is 0 Å². The zero-order valence-corrected chi connectivity index (χ0v) is 11.6. The van der Waals surface area contributed by atoms with Crippen LogP contribution < -0.4 is 10.1 Å². The fourth-order valence-corrected chi connectivity index (χ4v) is 1.86. The fourth-order valence-electron chi connectivity index (χ4n) is 1.86. The Hall–Kier alpha value is -1.78. The first-order valence-electron chi connectivity index (χ1n) is 6.48. The van der Waals surface area contributed by atoms with Crippen molar-refractivity contribution in [3.8, 4) is 5.75 Å². The average molecular weight is 264 g/mol. The maximum atomic E-state index is 11.5. The van der Waals surface area contributed by atoms with Crippen LogP contribution in [0.3, 0.4) is 0 Å². The van der Waals surface area contributed by atoms with E-state index in [0.717, 1.165) is 18.6 Å². The lowest BCUT2D eigenvalue weighted by molar-refractivity contribution is 0.0363. The van der Waals surface area contributed by atoms with Crippen LogP contribution in [-0.2, 0) is 4.74 Å². The molecule has 1 heterocycles. The van der Waals surface area contributed by atoms with E-state index >= 15 is 0 Å². The molecular formula is C14H20N2O3. The second-order valence-corrected chi connectivity index (χ2v) is 5.74. The van der Waals surface area contributed by atoms with Crippen LogP contribution >= 0.6 is 0 Å². The number of amides is 1. The van der Waals surface area contributed by atoms with E-state index < -0.39 is 5.60 Å². The Kier molecular flexibility index (Phi) is 3.93. The molecule has 1 N–H and O–H groups in total. The molecule has 1 aliphatic rings. The van der Waals surface area contributed by atoms with Crippen molar-refractivity contribution in [2.45, 2.75) is 51.4 Å². The number of hydrogen-bond acceptors (Lipinski definition) is 4. The highest BCUT2D eigenvalue weighted by molar-refractivity contribution is 5.68. The molecule has 1 fully saturated rings. The summed E-state index contributed by atoms with van der Waals surface area (Å²) in [6.07, 6.45) is 4.81. The van der Waals surface area contributed by atoms with E-state index in [1.807, 2.05) is 32.9 Å². The van der Waals surface area contributed by atoms with Gasteiger partial charge >= 0.3 is 6.09 Å². The second-order valence-electron chi connectivity index (χ2n) is 5.74. The zero-order valence-electron chi connectivity index (χ0n) is 11.6. The number of rotatable bonds is 3. The van der Waals surface area contributed by atoms with Gasteiger partial charge in [0.05, 0.1) is 0 Å². The molecule has 1 aromatic heterocycles. The van der Waals surface area contributed by atoms with Crippen molar-refractivity contribution in [2.75, 3.05) is 0 Å². The van der Waals surface area contributed by atoms with Crippen molar-refractivity contribution in [3.05, 3.63) is 24.5 Å². The molecular weight excluding hydrogens is 244 g/mol. The molecule has 0 bridgehead atoms. The molecule has 0 aromatic carbocycles. The van der Waals surface area contributed by atoms with Gasteiger partial charge in [-0.2, -0.15) is 0 Å². The zero-order chi connectivity index (χ0) is 13.9. The lowest BCUT2D eigenvalue weighted by Crippen LogP contribution is -2.50. The van der Waals surface area contributed by atoms with Gasteiger partial charge in [-0.3, -0.25) is 4.98 Å². The highest BCUT2D eigenvalue weighted by atomic mass is 16.6. The first-order valence-corrected chi connectivity index (χ1v) is 6.48. The van der Waals surface area contributed by atoms with Crippen LogP contribution in [0.25, 0.3) is 0 Å². The van der Waals surface area contributed by atoms with Crippen molar-refractivity contribution in [3.63, 3.8) is 0 Å². The SMILES string of the molecule is CC(C)(C)OC(=O)N[C@H]1C[C@H](Oc2ccncc2)C1. The molecule has 0 aliphatic heterocycles. The summed E-state index contributed by atoms with van der Waals surface area (Å²) in [5.74, 6) is 0.815. The quantitative estimate of drug-likeness (QED) is 0.911. The Morgan fingerprint density at radius 2 is 1.95 bits per heavy atom. The number of carbonyl (C=O) groups is 1. The minimum absolute atomic E-state index is 0.140. The van der Waals surface area contributed by atoms with E-state index in [-0.39, 0.29) is 18.2 Å². The first kappa shape index (κ1) is 13.6. The van der Waals surface area contributed by atoms with Gasteiger partial charge in [-0.05, 0) is 32.9 Å². The van der Waals surface area contributed by atoms with E-state index in [9.17, 15) is 4.79 Å². The third-order valence-electron chi connectivity index (χ3n) is 2.77. The predicted octanol–water partition coefficient (Wildman–Crippen LogP) is 2.52. The maximum absolute atomic E-state index is 11.5. The number of pyridine rings is 1. The Morgan fingerprint density at radius 1 is 1.32 bits per heavy atom. The van der Waals surface area contributed by atoms with E-state index in [1.165, 1.54) is 0 Å². The summed E-state index contributed by atoms with van der Waals surface area (Å²) >= 11 is 0. The van der Waals surface area contributed by atoms with Crippen molar-refractivity contribution in [1.29, 1.82) is 0 Å². The van der Waals surface area contributed by atoms with Crippen LogP contribution in [0.1, 0.15) is 33.6 Å². The number of nitrogens with zero attached hydrogens (tertiary/aromatic N) is 1. The summed E-state index contributed by atoms with van der Waals surface area (Å²) < 4.78 is 10.9. The smallest absolute Gasteiger partial charge is 0.407 e. The number of hydrogen-bond donors (Lipinski definition) is 1. The molecule has 0 spiro atoms. The lowest BCUT2D eigenvalue weighted by Gasteiger charge is -2.36. The summed E-state index contributed by atoms with van der Waals surface area (Å²) in [5.41, 5.74) is -0.458. The molecule has 0 atom stereocenters. The van der Waals surface area contributed by atoms with Gasteiger partial charge in [0.25, 0.3) is 0 Å². The van der Waals surface area contributed by atoms with Crippen LogP contribution in [0.4, 0.5) is 4.79 Å². The fraction of sp³-hybridized carbons (Fsp3) is 0.571. The second kappa shape index (κ2) is 5.47. The van der Waals surface area contributed by atoms with Crippen LogP contribution in [0.2, 0.25) is 0 Å². The molecule has 104 valence electrons. The van der Waals surface area contributed by atoms with Crippen molar-refractivity contribution in [2.24, 2.45) is 0 Å². The number of nitrogens with one attached hydrogen (secondary N) is 1. The number of alkyl carbamates (subject to hydrolysis) is 1. The van der Waals surface area contributed by atoms with Gasteiger partial charge in [0, 0.05) is 31.3 Å². The molecule has 0 radical (unpaired) electrons. The minimum atomic E-state index is -0.458. The highest BCUT2D eigenvalue weighted by Crippen LogP contribution is 2.25. The molecule has 1 aliphatic carbocycles. The molecule has 1 aromatic rings. The molecule has 0 saturated heterocycles. The Morgan fingerprint density at radius 3 is 2.53 bits per heavy atom. The Bertz CT molecular complexity index is 422. The van der Waals surface area contributed by atoms with E-state index in [0.29, 0.717) is 0 Å². The monoisotopic (exact) mass is 264 g/mol. The molecule has 0 unspecified atom stereocenters. The van der Waals surface area contributed by atoms with Crippen molar-refractivity contribution >= 4 is 6.09 Å². The predicted molar refractivity (Wildman–Crippen MR) is 71.0 cm³/mol. The van der Waals surface area contributed by atoms with Crippen molar-refractivity contribution < 1.29 is 14.3 Å². The Labute approximate surface area is 113 Å². The normalized spacial score (nSPS) is 22.3. The molecule has 1 amide bonds. The maximum Gasteiger partial charge on any atom is 0.407 e. The van der Waals surface area contributed by atoms with Gasteiger partial charge in [0.2, 0.25) is 0 Å². The minimum Gasteiger partial charge on any atom is -0.490 e. The third kappa shape index (κ3) is 4.43.